The maximum atomic E-state index is 13.1. The van der Waals surface area contributed by atoms with Crippen molar-refractivity contribution in [1.29, 1.82) is 0 Å². The summed E-state index contributed by atoms with van der Waals surface area (Å²) in [4.78, 5) is 39.3. The molecule has 3 aromatic rings. The largest absolute Gasteiger partial charge is 0.504 e. The van der Waals surface area contributed by atoms with E-state index in [2.05, 4.69) is 4.90 Å². The van der Waals surface area contributed by atoms with E-state index in [-0.39, 0.29) is 36.2 Å². The third kappa shape index (κ3) is 4.37. The van der Waals surface area contributed by atoms with E-state index < -0.39 is 17.0 Å². The fraction of sp³-hybridized carbons (Fsp3) is 0.441. The Morgan fingerprint density at radius 3 is 2.61 bits per heavy atom. The second-order valence-electron chi connectivity index (χ2n) is 12.6. The summed E-state index contributed by atoms with van der Waals surface area (Å²) in [7, 11) is 0. The highest BCUT2D eigenvalue weighted by atomic mass is 16.5. The Morgan fingerprint density at radius 2 is 1.83 bits per heavy atom. The van der Waals surface area contributed by atoms with Crippen molar-refractivity contribution in [1.82, 2.24) is 4.90 Å². The number of ether oxygens (including phenoxy) is 1. The van der Waals surface area contributed by atoms with Gasteiger partial charge < -0.3 is 19.7 Å². The van der Waals surface area contributed by atoms with Crippen molar-refractivity contribution < 1.29 is 29.3 Å². The summed E-state index contributed by atoms with van der Waals surface area (Å²) in [6.07, 6.45) is 5.79. The first kappa shape index (κ1) is 26.4. The fourth-order valence-corrected chi connectivity index (χ4v) is 7.92. The van der Waals surface area contributed by atoms with Crippen LogP contribution in [0, 0.1) is 5.92 Å². The Balaban J connectivity index is 1.18. The molecule has 212 valence electrons. The van der Waals surface area contributed by atoms with Crippen LogP contribution in [0.3, 0.4) is 0 Å². The molecule has 7 heteroatoms. The van der Waals surface area contributed by atoms with E-state index in [1.165, 1.54) is 12.8 Å². The molecule has 1 saturated heterocycles. The number of rotatable bonds is 7. The van der Waals surface area contributed by atoms with Crippen molar-refractivity contribution in [3.8, 4) is 11.5 Å². The van der Waals surface area contributed by atoms with Crippen molar-refractivity contribution in [2.75, 3.05) is 13.1 Å². The van der Waals surface area contributed by atoms with Gasteiger partial charge in [-0.1, -0.05) is 42.5 Å². The SMILES string of the molecule is O=CCc1ccc2ccc(CC(=O)Oc3ccc4c(c3O)C35CCN(CC6CC6)C(C4)C3(O)CCC(=O)C5)cc2c1. The lowest BCUT2D eigenvalue weighted by Crippen LogP contribution is -2.73. The molecule has 0 radical (unpaired) electrons. The molecular formula is C34H35NO6. The lowest BCUT2D eigenvalue weighted by atomic mass is 9.49. The minimum absolute atomic E-state index is 0.0101. The van der Waals surface area contributed by atoms with Crippen molar-refractivity contribution >= 4 is 28.8 Å². The smallest absolute Gasteiger partial charge is 0.315 e. The standard InChI is InChI=1S/C34H35NO6/c36-14-10-21-3-5-24-6-4-23(16-26(24)15-21)17-30(38)41-28-8-7-25-18-29-34(40)11-9-27(37)19-33(34,31(25)32(28)39)12-13-35(29)20-22-1-2-22/h3-8,14-16,22,29,39-40H,1-2,9-13,17-20H2. The highest BCUT2D eigenvalue weighted by Crippen LogP contribution is 2.60. The summed E-state index contributed by atoms with van der Waals surface area (Å²) in [5.74, 6) is 0.218. The molecule has 2 N–H and O–H groups in total. The highest BCUT2D eigenvalue weighted by Gasteiger charge is 2.65. The third-order valence-electron chi connectivity index (χ3n) is 10.1. The molecule has 1 heterocycles. The van der Waals surface area contributed by atoms with Gasteiger partial charge in [0.1, 0.15) is 12.1 Å². The second-order valence-corrected chi connectivity index (χ2v) is 12.6. The molecule has 7 rings (SSSR count). The first-order chi connectivity index (χ1) is 19.8. The molecule has 0 spiro atoms. The van der Waals surface area contributed by atoms with E-state index in [0.717, 1.165) is 46.8 Å². The van der Waals surface area contributed by atoms with Crippen LogP contribution < -0.4 is 4.74 Å². The van der Waals surface area contributed by atoms with Crippen LogP contribution in [-0.2, 0) is 39.1 Å². The van der Waals surface area contributed by atoms with E-state index in [1.807, 2.05) is 42.5 Å². The third-order valence-corrected chi connectivity index (χ3v) is 10.1. The zero-order valence-electron chi connectivity index (χ0n) is 23.1. The van der Waals surface area contributed by atoms with Crippen LogP contribution in [0.5, 0.6) is 11.5 Å². The van der Waals surface area contributed by atoms with Crippen LogP contribution in [0.25, 0.3) is 10.8 Å². The van der Waals surface area contributed by atoms with Gasteiger partial charge in [-0.15, -0.1) is 0 Å². The molecule has 2 saturated carbocycles. The number of carbonyl (C=O) groups is 3. The normalized spacial score (nSPS) is 27.2. The zero-order chi connectivity index (χ0) is 28.4. The Morgan fingerprint density at radius 1 is 1.05 bits per heavy atom. The number of aldehydes is 1. The van der Waals surface area contributed by atoms with Crippen molar-refractivity contribution in [2.45, 2.75) is 74.8 Å². The Bertz CT molecular complexity index is 1580. The van der Waals surface area contributed by atoms with Crippen LogP contribution >= 0.6 is 0 Å². The lowest BCUT2D eigenvalue weighted by molar-refractivity contribution is -0.173. The number of nitrogens with zero attached hydrogens (tertiary/aromatic N) is 1. The Hall–Kier alpha value is -3.55. The minimum atomic E-state index is -1.12. The molecule has 0 amide bonds. The van der Waals surface area contributed by atoms with Crippen molar-refractivity contribution in [2.24, 2.45) is 5.92 Å². The van der Waals surface area contributed by atoms with Gasteiger partial charge in [0.05, 0.1) is 12.0 Å². The summed E-state index contributed by atoms with van der Waals surface area (Å²) in [5, 5.41) is 25.9. The van der Waals surface area contributed by atoms with Gasteiger partial charge in [0.25, 0.3) is 0 Å². The minimum Gasteiger partial charge on any atom is -0.504 e. The molecule has 3 atom stereocenters. The lowest BCUT2D eigenvalue weighted by Gasteiger charge is -2.63. The molecule has 0 aromatic heterocycles. The summed E-state index contributed by atoms with van der Waals surface area (Å²) >= 11 is 0. The van der Waals surface area contributed by atoms with Gasteiger partial charge in [-0.25, -0.2) is 0 Å². The number of aliphatic hydroxyl groups is 1. The zero-order valence-corrected chi connectivity index (χ0v) is 23.1. The number of fused-ring (bicyclic) bond motifs is 2. The van der Waals surface area contributed by atoms with Crippen LogP contribution in [0.15, 0.2) is 48.5 Å². The molecule has 3 aliphatic carbocycles. The number of aromatic hydroxyl groups is 1. The van der Waals surface area contributed by atoms with Gasteiger partial charge >= 0.3 is 5.97 Å². The predicted octanol–water partition coefficient (Wildman–Crippen LogP) is 4.20. The van der Waals surface area contributed by atoms with Gasteiger partial charge in [-0.2, -0.15) is 0 Å². The molecule has 1 aliphatic heterocycles. The van der Waals surface area contributed by atoms with E-state index in [9.17, 15) is 24.6 Å². The number of phenols is 1. The number of phenolic OH excluding ortho intramolecular Hbond substituents is 1. The van der Waals surface area contributed by atoms with Crippen LogP contribution in [0.4, 0.5) is 0 Å². The number of likely N-dealkylation sites (tertiary alicyclic amines) is 1. The molecule has 3 aromatic carbocycles. The first-order valence-corrected chi connectivity index (χ1v) is 14.8. The van der Waals surface area contributed by atoms with Gasteiger partial charge in [-0.3, -0.25) is 14.5 Å². The highest BCUT2D eigenvalue weighted by molar-refractivity contribution is 5.86. The summed E-state index contributed by atoms with van der Waals surface area (Å²) in [6, 6.07) is 15.0. The number of hydrogen-bond acceptors (Lipinski definition) is 7. The fourth-order valence-electron chi connectivity index (χ4n) is 7.92. The van der Waals surface area contributed by atoms with Gasteiger partial charge in [0, 0.05) is 42.8 Å². The molecular weight excluding hydrogens is 518 g/mol. The summed E-state index contributed by atoms with van der Waals surface area (Å²) in [5.41, 5.74) is 1.19. The molecule has 4 aliphatic rings. The summed E-state index contributed by atoms with van der Waals surface area (Å²) in [6.45, 7) is 1.75. The molecule has 3 unspecified atom stereocenters. The quantitative estimate of drug-likeness (QED) is 0.257. The maximum Gasteiger partial charge on any atom is 0.315 e. The van der Waals surface area contributed by atoms with E-state index in [4.69, 9.17) is 4.74 Å². The van der Waals surface area contributed by atoms with Crippen molar-refractivity contribution in [3.05, 3.63) is 70.8 Å². The maximum absolute atomic E-state index is 13.1. The number of benzene rings is 3. The molecule has 7 nitrogen and oxygen atoms in total. The topological polar surface area (TPSA) is 104 Å². The van der Waals surface area contributed by atoms with Crippen LogP contribution in [0.2, 0.25) is 0 Å². The molecule has 2 bridgehead atoms. The van der Waals surface area contributed by atoms with Gasteiger partial charge in [0.15, 0.2) is 11.5 Å². The summed E-state index contributed by atoms with van der Waals surface area (Å²) < 4.78 is 5.73. The van der Waals surface area contributed by atoms with Gasteiger partial charge in [0.2, 0.25) is 0 Å². The number of carbonyl (C=O) groups excluding carboxylic acids is 3. The number of esters is 1. The number of hydrogen-bond donors (Lipinski definition) is 2. The number of Topliss-reactive ketones (excluding diaryl/α,β-unsaturated/α-hetero) is 1. The number of ketones is 1. The average molecular weight is 554 g/mol. The predicted molar refractivity (Wildman–Crippen MR) is 153 cm³/mol. The Labute approximate surface area is 239 Å². The van der Waals surface area contributed by atoms with Crippen molar-refractivity contribution in [3.63, 3.8) is 0 Å². The van der Waals surface area contributed by atoms with E-state index >= 15 is 0 Å². The number of piperidine rings is 1. The first-order valence-electron chi connectivity index (χ1n) is 14.8. The monoisotopic (exact) mass is 553 g/mol. The Kier molecular flexibility index (Phi) is 6.28. The average Bonchev–Trinajstić information content (AvgIpc) is 3.76. The van der Waals surface area contributed by atoms with Gasteiger partial charge in [-0.05, 0) is 78.1 Å². The molecule has 3 fully saturated rings. The molecule has 41 heavy (non-hydrogen) atoms. The second kappa shape index (κ2) is 9.78. The van der Waals surface area contributed by atoms with Crippen LogP contribution in [-0.4, -0.2) is 57.9 Å². The van der Waals surface area contributed by atoms with Crippen LogP contribution in [0.1, 0.15) is 60.8 Å². The van der Waals surface area contributed by atoms with E-state index in [0.29, 0.717) is 43.6 Å². The van der Waals surface area contributed by atoms with E-state index in [1.54, 1.807) is 6.07 Å².